The molecule has 0 aromatic heterocycles. The minimum absolute atomic E-state index is 0.0106. The second kappa shape index (κ2) is 7.10. The van der Waals surface area contributed by atoms with E-state index in [0.29, 0.717) is 5.02 Å². The summed E-state index contributed by atoms with van der Waals surface area (Å²) in [7, 11) is 0. The van der Waals surface area contributed by atoms with Gasteiger partial charge in [-0.25, -0.2) is 0 Å². The molecule has 0 spiro atoms. The highest BCUT2D eigenvalue weighted by Crippen LogP contribution is 2.34. The summed E-state index contributed by atoms with van der Waals surface area (Å²) >= 11 is 5.83. The molecule has 1 aromatic rings. The number of amides is 1. The van der Waals surface area contributed by atoms with Gasteiger partial charge < -0.3 is 10.0 Å². The van der Waals surface area contributed by atoms with Crippen molar-refractivity contribution in [2.75, 3.05) is 19.7 Å². The number of aliphatic hydroxyl groups is 1. The zero-order valence-corrected chi connectivity index (χ0v) is 13.1. The fourth-order valence-electron chi connectivity index (χ4n) is 2.67. The third kappa shape index (κ3) is 4.08. The minimum Gasteiger partial charge on any atom is -0.396 e. The van der Waals surface area contributed by atoms with Crippen molar-refractivity contribution in [3.8, 4) is 0 Å². The van der Waals surface area contributed by atoms with E-state index in [0.717, 1.165) is 37.9 Å². The van der Waals surface area contributed by atoms with Crippen molar-refractivity contribution < 1.29 is 9.90 Å². The Labute approximate surface area is 131 Å². The molecule has 3 nitrogen and oxygen atoms in total. The molecule has 1 N–H and O–H groups in total. The molecule has 0 unspecified atom stereocenters. The Hall–Kier alpha value is -1.32. The summed E-state index contributed by atoms with van der Waals surface area (Å²) in [5.74, 6) is 0.0348. The van der Waals surface area contributed by atoms with Gasteiger partial charge in [0.25, 0.3) is 0 Å². The van der Waals surface area contributed by atoms with Crippen LogP contribution in [0.25, 0.3) is 6.08 Å². The maximum absolute atomic E-state index is 12.2. The van der Waals surface area contributed by atoms with E-state index in [-0.39, 0.29) is 17.9 Å². The smallest absolute Gasteiger partial charge is 0.246 e. The van der Waals surface area contributed by atoms with E-state index in [9.17, 15) is 9.90 Å². The van der Waals surface area contributed by atoms with Crippen molar-refractivity contribution >= 4 is 23.6 Å². The minimum atomic E-state index is 0.0106. The number of nitrogens with zero attached hydrogens (tertiary/aromatic N) is 1. The van der Waals surface area contributed by atoms with E-state index in [2.05, 4.69) is 6.92 Å². The number of piperidine rings is 1. The van der Waals surface area contributed by atoms with Crippen molar-refractivity contribution in [3.63, 3.8) is 0 Å². The van der Waals surface area contributed by atoms with Crippen LogP contribution in [0.3, 0.4) is 0 Å². The average Bonchev–Trinajstić information content (AvgIpc) is 2.54. The molecular formula is C17H22ClNO2. The third-order valence-corrected chi connectivity index (χ3v) is 4.76. The van der Waals surface area contributed by atoms with Gasteiger partial charge in [0, 0.05) is 30.8 Å². The van der Waals surface area contributed by atoms with Gasteiger partial charge in [-0.3, -0.25) is 4.79 Å². The molecule has 1 aromatic carbocycles. The van der Waals surface area contributed by atoms with Crippen LogP contribution < -0.4 is 0 Å². The van der Waals surface area contributed by atoms with Gasteiger partial charge in [0.2, 0.25) is 5.91 Å². The Morgan fingerprint density at radius 3 is 2.48 bits per heavy atom. The monoisotopic (exact) mass is 307 g/mol. The maximum atomic E-state index is 12.2. The predicted molar refractivity (Wildman–Crippen MR) is 86.1 cm³/mol. The molecule has 1 heterocycles. The van der Waals surface area contributed by atoms with Gasteiger partial charge in [0.15, 0.2) is 0 Å². The summed E-state index contributed by atoms with van der Waals surface area (Å²) in [6.07, 6.45) is 6.14. The molecule has 114 valence electrons. The van der Waals surface area contributed by atoms with Crippen molar-refractivity contribution in [2.45, 2.75) is 26.2 Å². The number of rotatable bonds is 4. The van der Waals surface area contributed by atoms with Gasteiger partial charge in [-0.2, -0.15) is 0 Å². The highest BCUT2D eigenvalue weighted by molar-refractivity contribution is 6.30. The summed E-state index contributed by atoms with van der Waals surface area (Å²) in [5.41, 5.74) is 0.972. The van der Waals surface area contributed by atoms with E-state index < -0.39 is 0 Å². The highest BCUT2D eigenvalue weighted by Gasteiger charge is 2.33. The molecule has 2 rings (SSSR count). The molecule has 1 aliphatic heterocycles. The lowest BCUT2D eigenvalue weighted by Crippen LogP contribution is -2.43. The van der Waals surface area contributed by atoms with E-state index >= 15 is 0 Å². The lowest BCUT2D eigenvalue weighted by atomic mass is 9.77. The number of likely N-dealkylation sites (tertiary alicyclic amines) is 1. The van der Waals surface area contributed by atoms with Crippen LogP contribution in [0.2, 0.25) is 5.02 Å². The molecule has 1 fully saturated rings. The van der Waals surface area contributed by atoms with Gasteiger partial charge in [-0.05, 0) is 48.4 Å². The first-order chi connectivity index (χ1) is 10.1. The Kier molecular flexibility index (Phi) is 5.43. The molecule has 1 amide bonds. The molecule has 0 atom stereocenters. The van der Waals surface area contributed by atoms with Crippen molar-refractivity contribution in [1.29, 1.82) is 0 Å². The normalized spacial score (nSPS) is 18.1. The number of aliphatic hydroxyl groups excluding tert-OH is 1. The number of hydrogen-bond acceptors (Lipinski definition) is 2. The predicted octanol–water partition coefficient (Wildman–Crippen LogP) is 3.36. The molecule has 4 heteroatoms. The number of carbonyl (C=O) groups excluding carboxylic acids is 1. The zero-order valence-electron chi connectivity index (χ0n) is 12.4. The SMILES string of the molecule is CCC1(CO)CCN(C(=O)/C=C/c2ccc(Cl)cc2)CC1. The van der Waals surface area contributed by atoms with E-state index in [4.69, 9.17) is 11.6 Å². The van der Waals surface area contributed by atoms with Crippen LogP contribution in [0.5, 0.6) is 0 Å². The molecular weight excluding hydrogens is 286 g/mol. The first-order valence-electron chi connectivity index (χ1n) is 7.42. The first kappa shape index (κ1) is 16.1. The highest BCUT2D eigenvalue weighted by atomic mass is 35.5. The second-order valence-electron chi connectivity index (χ2n) is 5.72. The molecule has 0 aliphatic carbocycles. The fourth-order valence-corrected chi connectivity index (χ4v) is 2.80. The maximum Gasteiger partial charge on any atom is 0.246 e. The lowest BCUT2D eigenvalue weighted by Gasteiger charge is -2.39. The average molecular weight is 308 g/mol. The number of benzene rings is 1. The van der Waals surface area contributed by atoms with Crippen LogP contribution in [0.4, 0.5) is 0 Å². The Bertz CT molecular complexity index is 496. The summed E-state index contributed by atoms with van der Waals surface area (Å²) in [5, 5.41) is 10.2. The van der Waals surface area contributed by atoms with Crippen LogP contribution in [0.15, 0.2) is 30.3 Å². The second-order valence-corrected chi connectivity index (χ2v) is 6.16. The van der Waals surface area contributed by atoms with Crippen LogP contribution >= 0.6 is 11.6 Å². The van der Waals surface area contributed by atoms with Gasteiger partial charge in [-0.1, -0.05) is 30.7 Å². The fraction of sp³-hybridized carbons (Fsp3) is 0.471. The number of carbonyl (C=O) groups is 1. The molecule has 1 aliphatic rings. The lowest BCUT2D eigenvalue weighted by molar-refractivity contribution is -0.128. The zero-order chi connectivity index (χ0) is 15.3. The summed E-state index contributed by atoms with van der Waals surface area (Å²) in [6, 6.07) is 7.39. The number of hydrogen-bond donors (Lipinski definition) is 1. The van der Waals surface area contributed by atoms with Crippen molar-refractivity contribution in [3.05, 3.63) is 40.9 Å². The Balaban J connectivity index is 1.91. The summed E-state index contributed by atoms with van der Waals surface area (Å²) in [4.78, 5) is 14.0. The largest absolute Gasteiger partial charge is 0.396 e. The van der Waals surface area contributed by atoms with Gasteiger partial charge in [0.1, 0.15) is 0 Å². The quantitative estimate of drug-likeness (QED) is 0.867. The van der Waals surface area contributed by atoms with Crippen LogP contribution in [0, 0.1) is 5.41 Å². The molecule has 0 radical (unpaired) electrons. The molecule has 0 bridgehead atoms. The van der Waals surface area contributed by atoms with Gasteiger partial charge in [0.05, 0.1) is 0 Å². The van der Waals surface area contributed by atoms with Crippen molar-refractivity contribution in [1.82, 2.24) is 4.90 Å². The van der Waals surface area contributed by atoms with E-state index in [1.165, 1.54) is 0 Å². The van der Waals surface area contributed by atoms with E-state index in [1.807, 2.05) is 35.2 Å². The first-order valence-corrected chi connectivity index (χ1v) is 7.80. The number of halogens is 1. The molecule has 21 heavy (non-hydrogen) atoms. The topological polar surface area (TPSA) is 40.5 Å². The van der Waals surface area contributed by atoms with E-state index in [1.54, 1.807) is 6.08 Å². The van der Waals surface area contributed by atoms with Gasteiger partial charge >= 0.3 is 0 Å². The van der Waals surface area contributed by atoms with Crippen LogP contribution in [-0.4, -0.2) is 35.6 Å². The Morgan fingerprint density at radius 1 is 1.33 bits per heavy atom. The standard InChI is InChI=1S/C17H22ClNO2/c1-2-17(13-20)9-11-19(12-10-17)16(21)8-5-14-3-6-15(18)7-4-14/h3-8,20H,2,9-13H2,1H3/b8-5+. The third-order valence-electron chi connectivity index (χ3n) is 4.51. The van der Waals surface area contributed by atoms with Crippen LogP contribution in [0.1, 0.15) is 31.7 Å². The summed E-state index contributed by atoms with van der Waals surface area (Å²) in [6.45, 7) is 3.76. The molecule has 1 saturated heterocycles. The molecule has 0 saturated carbocycles. The van der Waals surface area contributed by atoms with Gasteiger partial charge in [-0.15, -0.1) is 0 Å². The van der Waals surface area contributed by atoms with Crippen LogP contribution in [-0.2, 0) is 4.79 Å². The van der Waals surface area contributed by atoms with Crippen molar-refractivity contribution in [2.24, 2.45) is 5.41 Å². The summed E-state index contributed by atoms with van der Waals surface area (Å²) < 4.78 is 0. The Morgan fingerprint density at radius 2 is 1.95 bits per heavy atom.